The van der Waals surface area contributed by atoms with Gasteiger partial charge >= 0.3 is 0 Å². The molecule has 1 fully saturated rings. The molecule has 0 unspecified atom stereocenters. The van der Waals surface area contributed by atoms with Crippen molar-refractivity contribution < 1.29 is 0 Å². The third-order valence-corrected chi connectivity index (χ3v) is 2.65. The predicted octanol–water partition coefficient (Wildman–Crippen LogP) is 0.830. The molecule has 0 spiro atoms. The average molecular weight is 194 g/mol. The maximum Gasteiger partial charge on any atom is 0.205 e. The maximum atomic E-state index is 5.61. The molecule has 0 atom stereocenters. The smallest absolute Gasteiger partial charge is 0.205 e. The van der Waals surface area contributed by atoms with E-state index in [4.69, 9.17) is 5.73 Å². The van der Waals surface area contributed by atoms with Gasteiger partial charge in [0.05, 0.1) is 0 Å². The summed E-state index contributed by atoms with van der Waals surface area (Å²) in [6.45, 7) is 4.73. The summed E-state index contributed by atoms with van der Waals surface area (Å²) in [6.07, 6.45) is 6.47. The Morgan fingerprint density at radius 2 is 2.43 bits per heavy atom. The van der Waals surface area contributed by atoms with Crippen molar-refractivity contribution >= 4 is 5.95 Å². The van der Waals surface area contributed by atoms with Crippen LogP contribution < -0.4 is 10.6 Å². The molecule has 0 radical (unpaired) electrons. The third-order valence-electron chi connectivity index (χ3n) is 2.65. The van der Waals surface area contributed by atoms with Crippen molar-refractivity contribution in [2.45, 2.75) is 32.4 Å². The molecule has 0 aliphatic heterocycles. The molecular weight excluding hydrogens is 176 g/mol. The van der Waals surface area contributed by atoms with Crippen LogP contribution in [0.25, 0.3) is 0 Å². The van der Waals surface area contributed by atoms with Gasteiger partial charge in [0.2, 0.25) is 5.95 Å². The summed E-state index contributed by atoms with van der Waals surface area (Å²) in [4.78, 5) is 6.74. The molecule has 1 aromatic rings. The summed E-state index contributed by atoms with van der Waals surface area (Å²) in [7, 11) is 0. The standard InChI is InChI=1S/C10H18N4/c1-2-13-8-6-12-10(13)14(7-5-11)9-3-4-9/h6,8-9H,2-5,7,11H2,1H3. The summed E-state index contributed by atoms with van der Waals surface area (Å²) in [5.74, 6) is 1.08. The maximum absolute atomic E-state index is 5.61. The van der Waals surface area contributed by atoms with E-state index < -0.39 is 0 Å². The van der Waals surface area contributed by atoms with Crippen molar-refractivity contribution in [3.8, 4) is 0 Å². The Morgan fingerprint density at radius 1 is 1.64 bits per heavy atom. The number of aromatic nitrogens is 2. The number of hydrogen-bond acceptors (Lipinski definition) is 3. The minimum atomic E-state index is 0.686. The van der Waals surface area contributed by atoms with E-state index in [1.807, 2.05) is 12.4 Å². The van der Waals surface area contributed by atoms with Crippen LogP contribution in [0, 0.1) is 0 Å². The van der Waals surface area contributed by atoms with E-state index in [2.05, 4.69) is 21.4 Å². The van der Waals surface area contributed by atoms with Crippen LogP contribution in [-0.4, -0.2) is 28.7 Å². The van der Waals surface area contributed by atoms with Gasteiger partial charge in [-0.25, -0.2) is 4.98 Å². The monoisotopic (exact) mass is 194 g/mol. The fourth-order valence-corrected chi connectivity index (χ4v) is 1.78. The Balaban J connectivity index is 2.16. The SMILES string of the molecule is CCn1ccnc1N(CCN)C1CC1. The van der Waals surface area contributed by atoms with Gasteiger partial charge in [-0.15, -0.1) is 0 Å². The number of anilines is 1. The lowest BCUT2D eigenvalue weighted by atomic mass is 10.5. The highest BCUT2D eigenvalue weighted by atomic mass is 15.3. The molecule has 1 aliphatic carbocycles. The number of nitrogens with zero attached hydrogens (tertiary/aromatic N) is 3. The van der Waals surface area contributed by atoms with Crippen LogP contribution >= 0.6 is 0 Å². The molecule has 1 aromatic heterocycles. The van der Waals surface area contributed by atoms with Gasteiger partial charge in [-0.05, 0) is 19.8 Å². The van der Waals surface area contributed by atoms with Crippen molar-refractivity contribution in [2.75, 3.05) is 18.0 Å². The topological polar surface area (TPSA) is 47.1 Å². The Morgan fingerprint density at radius 3 is 3.00 bits per heavy atom. The van der Waals surface area contributed by atoms with E-state index in [0.29, 0.717) is 12.6 Å². The Hall–Kier alpha value is -1.03. The molecule has 0 amide bonds. The summed E-state index contributed by atoms with van der Waals surface area (Å²) in [6, 6.07) is 0.686. The summed E-state index contributed by atoms with van der Waals surface area (Å²) < 4.78 is 2.17. The van der Waals surface area contributed by atoms with Gasteiger partial charge in [0, 0.05) is 38.1 Å². The average Bonchev–Trinajstić information content (AvgIpc) is 2.92. The van der Waals surface area contributed by atoms with Crippen molar-refractivity contribution in [1.82, 2.24) is 9.55 Å². The first-order valence-electron chi connectivity index (χ1n) is 5.34. The molecule has 2 N–H and O–H groups in total. The fraction of sp³-hybridized carbons (Fsp3) is 0.700. The van der Waals surface area contributed by atoms with Crippen LogP contribution in [0.3, 0.4) is 0 Å². The Kier molecular flexibility index (Phi) is 2.72. The molecule has 0 saturated heterocycles. The second kappa shape index (κ2) is 4.00. The zero-order chi connectivity index (χ0) is 9.97. The van der Waals surface area contributed by atoms with E-state index in [0.717, 1.165) is 19.0 Å². The lowest BCUT2D eigenvalue weighted by Gasteiger charge is -2.23. The van der Waals surface area contributed by atoms with Crippen LogP contribution in [-0.2, 0) is 6.54 Å². The van der Waals surface area contributed by atoms with Crippen LogP contribution in [0.15, 0.2) is 12.4 Å². The number of imidazole rings is 1. The molecule has 1 heterocycles. The predicted molar refractivity (Wildman–Crippen MR) is 57.3 cm³/mol. The molecular formula is C10H18N4. The van der Waals surface area contributed by atoms with Crippen LogP contribution in [0.2, 0.25) is 0 Å². The number of hydrogen-bond donors (Lipinski definition) is 1. The molecule has 1 aliphatic rings. The van der Waals surface area contributed by atoms with Crippen molar-refractivity contribution in [1.29, 1.82) is 0 Å². The molecule has 1 saturated carbocycles. The highest BCUT2D eigenvalue weighted by Gasteiger charge is 2.30. The van der Waals surface area contributed by atoms with E-state index in [1.165, 1.54) is 12.8 Å². The van der Waals surface area contributed by atoms with Crippen LogP contribution in [0.4, 0.5) is 5.95 Å². The van der Waals surface area contributed by atoms with Crippen LogP contribution in [0.5, 0.6) is 0 Å². The highest BCUT2D eigenvalue weighted by molar-refractivity contribution is 5.35. The van der Waals surface area contributed by atoms with E-state index in [1.54, 1.807) is 0 Å². The minimum absolute atomic E-state index is 0.686. The Labute approximate surface area is 84.7 Å². The van der Waals surface area contributed by atoms with Crippen LogP contribution in [0.1, 0.15) is 19.8 Å². The fourth-order valence-electron chi connectivity index (χ4n) is 1.78. The quantitative estimate of drug-likeness (QED) is 0.755. The van der Waals surface area contributed by atoms with Gasteiger partial charge in [-0.2, -0.15) is 0 Å². The van der Waals surface area contributed by atoms with E-state index in [-0.39, 0.29) is 0 Å². The molecule has 0 bridgehead atoms. The normalized spacial score (nSPS) is 15.9. The minimum Gasteiger partial charge on any atom is -0.338 e. The first-order chi connectivity index (χ1) is 6.86. The summed E-state index contributed by atoms with van der Waals surface area (Å²) in [5.41, 5.74) is 5.61. The lowest BCUT2D eigenvalue weighted by molar-refractivity contribution is 0.686. The van der Waals surface area contributed by atoms with E-state index >= 15 is 0 Å². The van der Waals surface area contributed by atoms with Gasteiger partial charge in [0.25, 0.3) is 0 Å². The van der Waals surface area contributed by atoms with Gasteiger partial charge < -0.3 is 15.2 Å². The second-order valence-electron chi connectivity index (χ2n) is 3.73. The van der Waals surface area contributed by atoms with Gasteiger partial charge in [0.1, 0.15) is 0 Å². The van der Waals surface area contributed by atoms with Crippen molar-refractivity contribution in [3.63, 3.8) is 0 Å². The Bertz CT molecular complexity index is 290. The molecule has 78 valence electrons. The zero-order valence-corrected chi connectivity index (χ0v) is 8.69. The summed E-state index contributed by atoms with van der Waals surface area (Å²) >= 11 is 0. The number of rotatable bonds is 5. The highest BCUT2D eigenvalue weighted by Crippen LogP contribution is 2.30. The molecule has 14 heavy (non-hydrogen) atoms. The largest absolute Gasteiger partial charge is 0.338 e. The van der Waals surface area contributed by atoms with Gasteiger partial charge in [-0.3, -0.25) is 0 Å². The molecule has 0 aromatic carbocycles. The first-order valence-corrected chi connectivity index (χ1v) is 5.34. The first kappa shape index (κ1) is 9.52. The third kappa shape index (κ3) is 1.75. The van der Waals surface area contributed by atoms with Gasteiger partial charge in [-0.1, -0.05) is 0 Å². The lowest BCUT2D eigenvalue weighted by Crippen LogP contribution is -2.33. The second-order valence-corrected chi connectivity index (χ2v) is 3.73. The van der Waals surface area contributed by atoms with Gasteiger partial charge in [0.15, 0.2) is 0 Å². The summed E-state index contributed by atoms with van der Waals surface area (Å²) in [5, 5.41) is 0. The zero-order valence-electron chi connectivity index (χ0n) is 8.69. The molecule has 4 heteroatoms. The van der Waals surface area contributed by atoms with Crippen molar-refractivity contribution in [3.05, 3.63) is 12.4 Å². The number of nitrogens with two attached hydrogens (primary N) is 1. The van der Waals surface area contributed by atoms with E-state index in [9.17, 15) is 0 Å². The van der Waals surface area contributed by atoms with Crippen molar-refractivity contribution in [2.24, 2.45) is 5.73 Å². The number of aryl methyl sites for hydroxylation is 1. The molecule has 4 nitrogen and oxygen atoms in total. The molecule has 2 rings (SSSR count).